The summed E-state index contributed by atoms with van der Waals surface area (Å²) in [6.45, 7) is 0.649. The van der Waals surface area contributed by atoms with Gasteiger partial charge < -0.3 is 20.7 Å². The highest BCUT2D eigenvalue weighted by Crippen LogP contribution is 2.42. The number of aromatic nitrogens is 3. The highest BCUT2D eigenvalue weighted by Gasteiger charge is 2.40. The third-order valence-corrected chi connectivity index (χ3v) is 9.73. The Morgan fingerprint density at radius 2 is 1.87 bits per heavy atom. The second-order valence-corrected chi connectivity index (χ2v) is 13.2. The third-order valence-electron chi connectivity index (χ3n) is 9.73. The number of fused-ring (bicyclic) bond motifs is 1. The van der Waals surface area contributed by atoms with Gasteiger partial charge in [0.15, 0.2) is 5.69 Å². The van der Waals surface area contributed by atoms with Crippen molar-refractivity contribution in [2.24, 2.45) is 5.73 Å². The predicted molar refractivity (Wildman–Crippen MR) is 176 cm³/mol. The number of imide groups is 1. The van der Waals surface area contributed by atoms with Crippen LogP contribution in [0, 0.1) is 0 Å². The van der Waals surface area contributed by atoms with Gasteiger partial charge in [-0.15, -0.1) is 0 Å². The van der Waals surface area contributed by atoms with Crippen molar-refractivity contribution >= 4 is 35.1 Å². The molecule has 3 aromatic rings. The summed E-state index contributed by atoms with van der Waals surface area (Å²) in [6.07, 6.45) is -3.63. The van der Waals surface area contributed by atoms with Crippen LogP contribution in [-0.4, -0.2) is 80.0 Å². The zero-order chi connectivity index (χ0) is 37.6. The molecule has 14 nitrogen and oxygen atoms in total. The maximum absolute atomic E-state index is 14.5. The number of piperidine rings is 2. The fourth-order valence-electron chi connectivity index (χ4n) is 7.17. The number of hydrogen-bond acceptors (Lipinski definition) is 10. The number of halogens is 5. The molecule has 53 heavy (non-hydrogen) atoms. The lowest BCUT2D eigenvalue weighted by Gasteiger charge is -2.32. The Labute approximate surface area is 298 Å². The van der Waals surface area contributed by atoms with E-state index in [0.717, 1.165) is 22.3 Å². The number of anilines is 2. The summed E-state index contributed by atoms with van der Waals surface area (Å²) in [4.78, 5) is 58.2. The van der Waals surface area contributed by atoms with Crippen LogP contribution >= 0.6 is 0 Å². The summed E-state index contributed by atoms with van der Waals surface area (Å²) in [5.74, 6) is -2.20. The lowest BCUT2D eigenvalue weighted by Crippen LogP contribution is -2.52. The smallest absolute Gasteiger partial charge is 0.405 e. The number of nitrogens with two attached hydrogens (primary N) is 1. The van der Waals surface area contributed by atoms with Crippen molar-refractivity contribution < 1.29 is 45.9 Å². The Kier molecular flexibility index (Phi) is 9.52. The molecule has 4 aliphatic heterocycles. The summed E-state index contributed by atoms with van der Waals surface area (Å²) < 4.78 is 74.5. The van der Waals surface area contributed by atoms with Crippen molar-refractivity contribution in [2.75, 3.05) is 29.9 Å². The summed E-state index contributed by atoms with van der Waals surface area (Å²) in [5.41, 5.74) is 7.07. The number of nitrogens with one attached hydrogen (secondary N) is 2. The van der Waals surface area contributed by atoms with Gasteiger partial charge in [-0.25, -0.2) is 13.8 Å². The van der Waals surface area contributed by atoms with Crippen LogP contribution in [0.2, 0.25) is 0 Å². The number of pyridine rings is 1. The topological polar surface area (TPSA) is 168 Å². The molecule has 0 spiro atoms. The lowest BCUT2D eigenvalue weighted by atomic mass is 10.0. The Balaban J connectivity index is 1.04. The Morgan fingerprint density at radius 3 is 2.57 bits per heavy atom. The quantitative estimate of drug-likeness (QED) is 0.206. The number of rotatable bonds is 10. The highest BCUT2D eigenvalue weighted by atomic mass is 19.4. The van der Waals surface area contributed by atoms with Crippen molar-refractivity contribution in [1.82, 2.24) is 29.9 Å². The monoisotopic (exact) mass is 743 g/mol. The molecule has 0 saturated carbocycles. The molecular formula is C34H34F5N9O5. The summed E-state index contributed by atoms with van der Waals surface area (Å²) in [7, 11) is 0. The van der Waals surface area contributed by atoms with Gasteiger partial charge in [0.25, 0.3) is 18.2 Å². The summed E-state index contributed by atoms with van der Waals surface area (Å²) in [5, 5.41) is 8.69. The van der Waals surface area contributed by atoms with E-state index in [-0.39, 0.29) is 60.0 Å². The van der Waals surface area contributed by atoms with Crippen molar-refractivity contribution in [1.29, 1.82) is 0 Å². The Morgan fingerprint density at radius 1 is 1.09 bits per heavy atom. The van der Waals surface area contributed by atoms with E-state index >= 15 is 0 Å². The van der Waals surface area contributed by atoms with E-state index in [9.17, 15) is 41.1 Å². The van der Waals surface area contributed by atoms with Gasteiger partial charge in [-0.2, -0.15) is 18.3 Å². The van der Waals surface area contributed by atoms with Gasteiger partial charge in [0.05, 0.1) is 11.7 Å². The highest BCUT2D eigenvalue weighted by molar-refractivity contribution is 6.05. The van der Waals surface area contributed by atoms with E-state index in [0.29, 0.717) is 38.0 Å². The fourth-order valence-corrected chi connectivity index (χ4v) is 7.17. The zero-order valence-corrected chi connectivity index (χ0v) is 28.0. The maximum Gasteiger partial charge on any atom is 0.405 e. The molecule has 0 bridgehead atoms. The number of carbonyl (C=O) groups is 4. The van der Waals surface area contributed by atoms with E-state index in [4.69, 9.17) is 10.5 Å². The number of amides is 4. The fraction of sp³-hybridized carbons (Fsp3) is 0.412. The van der Waals surface area contributed by atoms with Gasteiger partial charge >= 0.3 is 6.18 Å². The van der Waals surface area contributed by atoms with Gasteiger partial charge in [-0.05, 0) is 48.6 Å². The van der Waals surface area contributed by atoms with Crippen LogP contribution in [-0.2, 0) is 32.2 Å². The molecule has 0 radical (unpaired) electrons. The lowest BCUT2D eigenvalue weighted by molar-refractivity contribution is -0.137. The molecule has 2 unspecified atom stereocenters. The number of carbonyl (C=O) groups excluding carboxylic acids is 4. The molecule has 0 aliphatic carbocycles. The number of ether oxygens (including phenoxy) is 1. The minimum atomic E-state index is -4.52. The maximum atomic E-state index is 14.5. The minimum Gasteiger partial charge on any atom is -0.471 e. The third kappa shape index (κ3) is 7.37. The van der Waals surface area contributed by atoms with Crippen LogP contribution in [0.15, 0.2) is 54.7 Å². The predicted octanol–water partition coefficient (Wildman–Crippen LogP) is 3.65. The molecule has 2 aromatic heterocycles. The van der Waals surface area contributed by atoms with E-state index in [1.54, 1.807) is 6.07 Å². The van der Waals surface area contributed by atoms with E-state index in [1.165, 1.54) is 34.1 Å². The van der Waals surface area contributed by atoms with Gasteiger partial charge in [-0.1, -0.05) is 12.1 Å². The molecule has 280 valence electrons. The molecule has 1 aromatic carbocycles. The van der Waals surface area contributed by atoms with Crippen LogP contribution in [0.5, 0.6) is 0 Å². The first-order chi connectivity index (χ1) is 25.3. The van der Waals surface area contributed by atoms with Gasteiger partial charge in [0.1, 0.15) is 30.4 Å². The van der Waals surface area contributed by atoms with Crippen molar-refractivity contribution in [2.45, 2.75) is 69.7 Å². The standard InChI is InChI=1S/C34H34F5N9O5/c35-29(36)28-24(48-25(30(40)50)16-53-33(48)19-5-8-41-26(12-19)42-17-34(37,38)39)15-47(44-28)21-6-9-45(10-7-21)13-18-1-2-22-20(11-18)14-46(32(22)52)23-3-4-27(49)43-31(23)51/h1-2,5,8,11-12,15-16,21,23,29,33H,3-4,6-7,9-10,13-14,17H2,(H2,40,50)(H,41,42)(H,43,49,51). The molecule has 19 heteroatoms. The average molecular weight is 744 g/mol. The summed E-state index contributed by atoms with van der Waals surface area (Å²) >= 11 is 0. The van der Waals surface area contributed by atoms with Crippen LogP contribution in [0.1, 0.15) is 77.1 Å². The van der Waals surface area contributed by atoms with Crippen LogP contribution < -0.4 is 21.3 Å². The SMILES string of the molecule is NC(=O)C1=COC(c2ccnc(NCC(F)(F)F)c2)N1c1cn(C2CCN(Cc3ccc4c(c3)CN(C3CCC(=O)NC3=O)C4=O)CC2)nc1C(F)F. The number of alkyl halides is 5. The molecule has 4 N–H and O–H groups in total. The van der Waals surface area contributed by atoms with Crippen molar-refractivity contribution in [3.8, 4) is 0 Å². The van der Waals surface area contributed by atoms with Crippen molar-refractivity contribution in [3.63, 3.8) is 0 Å². The first-order valence-electron chi connectivity index (χ1n) is 16.8. The summed E-state index contributed by atoms with van der Waals surface area (Å²) in [6, 6.07) is 7.25. The van der Waals surface area contributed by atoms with E-state index in [2.05, 4.69) is 25.6 Å². The van der Waals surface area contributed by atoms with Gasteiger partial charge in [0, 0.05) is 56.1 Å². The molecule has 6 heterocycles. The average Bonchev–Trinajstić information content (AvgIpc) is 3.83. The number of likely N-dealkylation sites (tertiary alicyclic amines) is 1. The molecule has 4 aliphatic rings. The normalized spacial score (nSPS) is 21.2. The van der Waals surface area contributed by atoms with Gasteiger partial charge in [0.2, 0.25) is 18.0 Å². The molecule has 2 atom stereocenters. The number of nitrogens with zero attached hydrogens (tertiary/aromatic N) is 6. The van der Waals surface area contributed by atoms with Gasteiger partial charge in [-0.3, -0.25) is 39.0 Å². The second kappa shape index (κ2) is 14.1. The minimum absolute atomic E-state index is 0.143. The second-order valence-electron chi connectivity index (χ2n) is 13.2. The molecule has 2 saturated heterocycles. The zero-order valence-electron chi connectivity index (χ0n) is 28.0. The van der Waals surface area contributed by atoms with Crippen LogP contribution in [0.4, 0.5) is 33.5 Å². The number of benzene rings is 1. The molecule has 7 rings (SSSR count). The Bertz CT molecular complexity index is 1980. The van der Waals surface area contributed by atoms with Crippen LogP contribution in [0.25, 0.3) is 0 Å². The van der Waals surface area contributed by atoms with Crippen LogP contribution in [0.3, 0.4) is 0 Å². The molecule has 2 fully saturated rings. The van der Waals surface area contributed by atoms with E-state index < -0.39 is 48.9 Å². The van der Waals surface area contributed by atoms with E-state index in [1.807, 2.05) is 12.1 Å². The Hall–Kier alpha value is -5.59. The number of hydrogen-bond donors (Lipinski definition) is 3. The molecule has 4 amide bonds. The first kappa shape index (κ1) is 35.8. The van der Waals surface area contributed by atoms with Crippen molar-refractivity contribution in [3.05, 3.63) is 82.6 Å². The molecular weight excluding hydrogens is 709 g/mol. The largest absolute Gasteiger partial charge is 0.471 e. The first-order valence-corrected chi connectivity index (χ1v) is 16.8. The number of primary amides is 1.